The van der Waals surface area contributed by atoms with Gasteiger partial charge in [-0.25, -0.2) is 4.79 Å². The van der Waals surface area contributed by atoms with E-state index in [1.807, 2.05) is 26.8 Å². The highest BCUT2D eigenvalue weighted by Crippen LogP contribution is 2.19. The predicted octanol–water partition coefficient (Wildman–Crippen LogP) is 3.46. The fourth-order valence-corrected chi connectivity index (χ4v) is 3.39. The van der Waals surface area contributed by atoms with Crippen molar-refractivity contribution in [2.24, 2.45) is 0 Å². The van der Waals surface area contributed by atoms with Crippen molar-refractivity contribution in [1.82, 2.24) is 15.5 Å². The van der Waals surface area contributed by atoms with Crippen molar-refractivity contribution in [2.45, 2.75) is 71.1 Å². The van der Waals surface area contributed by atoms with Gasteiger partial charge >= 0.3 is 6.09 Å². The first-order chi connectivity index (χ1) is 13.3. The van der Waals surface area contributed by atoms with Gasteiger partial charge in [0.15, 0.2) is 0 Å². The number of benzene rings is 1. The monoisotopic (exact) mass is 389 g/mol. The summed E-state index contributed by atoms with van der Waals surface area (Å²) in [5.41, 5.74) is 0.807. The van der Waals surface area contributed by atoms with Gasteiger partial charge < -0.3 is 15.4 Å². The summed E-state index contributed by atoms with van der Waals surface area (Å²) >= 11 is 0. The van der Waals surface area contributed by atoms with Crippen LogP contribution in [0.15, 0.2) is 30.3 Å². The number of nitrogens with one attached hydrogen (secondary N) is 2. The van der Waals surface area contributed by atoms with Gasteiger partial charge in [-0.15, -0.1) is 0 Å². The van der Waals surface area contributed by atoms with Crippen LogP contribution in [0.2, 0.25) is 0 Å². The van der Waals surface area contributed by atoms with E-state index < -0.39 is 11.7 Å². The summed E-state index contributed by atoms with van der Waals surface area (Å²) in [6, 6.07) is 10.9. The Bertz CT molecular complexity index is 613. The summed E-state index contributed by atoms with van der Waals surface area (Å²) < 4.78 is 5.18. The summed E-state index contributed by atoms with van der Waals surface area (Å²) in [6.45, 7) is 8.61. The fourth-order valence-electron chi connectivity index (χ4n) is 3.39. The lowest BCUT2D eigenvalue weighted by atomic mass is 10.0. The molecule has 1 unspecified atom stereocenters. The van der Waals surface area contributed by atoms with Gasteiger partial charge in [0.2, 0.25) is 5.91 Å². The van der Waals surface area contributed by atoms with Crippen LogP contribution in [0.25, 0.3) is 0 Å². The number of carbonyl (C=O) groups excluding carboxylic acids is 2. The van der Waals surface area contributed by atoms with Crippen LogP contribution in [0, 0.1) is 0 Å². The van der Waals surface area contributed by atoms with Gasteiger partial charge in [0.05, 0.1) is 0 Å². The van der Waals surface area contributed by atoms with Crippen LogP contribution >= 0.6 is 0 Å². The molecule has 0 radical (unpaired) electrons. The number of rotatable bonds is 8. The topological polar surface area (TPSA) is 70.7 Å². The van der Waals surface area contributed by atoms with E-state index in [0.29, 0.717) is 32.0 Å². The van der Waals surface area contributed by atoms with E-state index >= 15 is 0 Å². The zero-order valence-corrected chi connectivity index (χ0v) is 17.5. The third kappa shape index (κ3) is 8.74. The van der Waals surface area contributed by atoms with Crippen LogP contribution in [0.5, 0.6) is 0 Å². The van der Waals surface area contributed by atoms with Gasteiger partial charge in [-0.2, -0.15) is 0 Å². The van der Waals surface area contributed by atoms with Gasteiger partial charge in [-0.1, -0.05) is 36.8 Å². The Kier molecular flexibility index (Phi) is 8.77. The first-order valence-electron chi connectivity index (χ1n) is 10.3. The van der Waals surface area contributed by atoms with Gasteiger partial charge in [0.1, 0.15) is 5.60 Å². The number of alkyl carbamates (subject to hydrolysis) is 1. The summed E-state index contributed by atoms with van der Waals surface area (Å²) in [6.07, 6.45) is 4.11. The Hall–Kier alpha value is -2.08. The van der Waals surface area contributed by atoms with Crippen molar-refractivity contribution in [3.63, 3.8) is 0 Å². The number of hydrogen-bond donors (Lipinski definition) is 2. The van der Waals surface area contributed by atoms with Crippen LogP contribution in [0.4, 0.5) is 4.79 Å². The third-order valence-corrected chi connectivity index (χ3v) is 4.76. The van der Waals surface area contributed by atoms with Crippen LogP contribution in [0.3, 0.4) is 0 Å². The van der Waals surface area contributed by atoms with Crippen molar-refractivity contribution in [3.05, 3.63) is 35.9 Å². The van der Waals surface area contributed by atoms with E-state index in [0.717, 1.165) is 19.5 Å². The predicted molar refractivity (Wildman–Crippen MR) is 111 cm³/mol. The van der Waals surface area contributed by atoms with Gasteiger partial charge in [0.25, 0.3) is 0 Å². The molecule has 1 heterocycles. The first kappa shape index (κ1) is 22.2. The molecule has 1 aromatic rings. The minimum absolute atomic E-state index is 0.0382. The molecule has 156 valence electrons. The molecule has 2 N–H and O–H groups in total. The second-order valence-electron chi connectivity index (χ2n) is 8.44. The smallest absolute Gasteiger partial charge is 0.407 e. The number of carbonyl (C=O) groups is 2. The lowest BCUT2D eigenvalue weighted by Gasteiger charge is -2.36. The van der Waals surface area contributed by atoms with E-state index in [1.54, 1.807) is 0 Å². The molecule has 0 aromatic heterocycles. The second kappa shape index (κ2) is 11.1. The number of ether oxygens (including phenoxy) is 1. The molecular formula is C22H35N3O3. The van der Waals surface area contributed by atoms with E-state index in [9.17, 15) is 9.59 Å². The molecule has 0 spiro atoms. The Morgan fingerprint density at radius 2 is 1.89 bits per heavy atom. The maximum atomic E-state index is 12.2. The minimum Gasteiger partial charge on any atom is -0.444 e. The van der Waals surface area contributed by atoms with Gasteiger partial charge in [-0.3, -0.25) is 9.69 Å². The Morgan fingerprint density at radius 1 is 1.14 bits per heavy atom. The molecule has 1 aromatic carbocycles. The lowest BCUT2D eigenvalue weighted by Crippen LogP contribution is -2.46. The number of hydrogen-bond acceptors (Lipinski definition) is 4. The van der Waals surface area contributed by atoms with Crippen molar-refractivity contribution < 1.29 is 14.3 Å². The van der Waals surface area contributed by atoms with Crippen LogP contribution in [0.1, 0.15) is 58.4 Å². The second-order valence-corrected chi connectivity index (χ2v) is 8.44. The molecule has 28 heavy (non-hydrogen) atoms. The van der Waals surface area contributed by atoms with E-state index in [1.165, 1.54) is 18.4 Å². The van der Waals surface area contributed by atoms with Crippen LogP contribution in [-0.4, -0.2) is 48.2 Å². The molecule has 2 amide bonds. The Morgan fingerprint density at radius 3 is 2.61 bits per heavy atom. The minimum atomic E-state index is -0.507. The average Bonchev–Trinajstić information content (AvgIpc) is 2.64. The summed E-state index contributed by atoms with van der Waals surface area (Å²) in [7, 11) is 0. The van der Waals surface area contributed by atoms with E-state index in [4.69, 9.17) is 4.74 Å². The molecule has 0 aliphatic carbocycles. The quantitative estimate of drug-likeness (QED) is 0.668. The average molecular weight is 390 g/mol. The lowest BCUT2D eigenvalue weighted by molar-refractivity contribution is -0.121. The highest BCUT2D eigenvalue weighted by Gasteiger charge is 2.22. The van der Waals surface area contributed by atoms with Gasteiger partial charge in [0, 0.05) is 32.1 Å². The summed E-state index contributed by atoms with van der Waals surface area (Å²) in [5, 5.41) is 5.75. The Balaban J connectivity index is 1.65. The third-order valence-electron chi connectivity index (χ3n) is 4.76. The number of amides is 2. The molecule has 1 saturated heterocycles. The zero-order chi connectivity index (χ0) is 20.4. The molecule has 1 aliphatic heterocycles. The first-order valence-corrected chi connectivity index (χ1v) is 10.3. The van der Waals surface area contributed by atoms with Crippen molar-refractivity contribution in [1.29, 1.82) is 0 Å². The standard InChI is InChI=1S/C22H35N3O3/c1-22(2,3)28-21(27)23-14-9-13-20(26)24-16-19-12-7-8-15-25(19)17-18-10-5-4-6-11-18/h4-6,10-11,19H,7-9,12-17H2,1-3H3,(H,23,27)(H,24,26). The number of likely N-dealkylation sites (tertiary alicyclic amines) is 1. The molecule has 1 atom stereocenters. The molecule has 1 aliphatic rings. The fraction of sp³-hybridized carbons (Fsp3) is 0.636. The van der Waals surface area contributed by atoms with E-state index in [2.05, 4.69) is 39.8 Å². The van der Waals surface area contributed by atoms with Gasteiger partial charge in [-0.05, 0) is 52.1 Å². The molecule has 2 rings (SSSR count). The maximum absolute atomic E-state index is 12.2. The molecule has 6 heteroatoms. The SMILES string of the molecule is CC(C)(C)OC(=O)NCCCC(=O)NCC1CCCCN1Cc1ccccc1. The summed E-state index contributed by atoms with van der Waals surface area (Å²) in [5.74, 6) is 0.0382. The van der Waals surface area contributed by atoms with Crippen LogP contribution in [-0.2, 0) is 16.1 Å². The van der Waals surface area contributed by atoms with Crippen molar-refractivity contribution in [3.8, 4) is 0 Å². The molecule has 6 nitrogen and oxygen atoms in total. The normalized spacial score (nSPS) is 17.8. The van der Waals surface area contributed by atoms with Crippen molar-refractivity contribution >= 4 is 12.0 Å². The number of piperidine rings is 1. The largest absolute Gasteiger partial charge is 0.444 e. The Labute approximate surface area is 169 Å². The van der Waals surface area contributed by atoms with Crippen molar-refractivity contribution in [2.75, 3.05) is 19.6 Å². The highest BCUT2D eigenvalue weighted by atomic mass is 16.6. The van der Waals surface area contributed by atoms with E-state index in [-0.39, 0.29) is 5.91 Å². The maximum Gasteiger partial charge on any atom is 0.407 e. The highest BCUT2D eigenvalue weighted by molar-refractivity contribution is 5.76. The molecule has 0 saturated carbocycles. The molecule has 0 bridgehead atoms. The molecular weight excluding hydrogens is 354 g/mol. The molecule has 1 fully saturated rings. The summed E-state index contributed by atoms with van der Waals surface area (Å²) in [4.78, 5) is 26.2. The van der Waals surface area contributed by atoms with Crippen LogP contribution < -0.4 is 10.6 Å². The number of nitrogens with zero attached hydrogens (tertiary/aromatic N) is 1. The zero-order valence-electron chi connectivity index (χ0n) is 17.5.